The molecule has 0 aliphatic carbocycles. The summed E-state index contributed by atoms with van der Waals surface area (Å²) in [6, 6.07) is 22.1. The van der Waals surface area contributed by atoms with Crippen molar-refractivity contribution >= 4 is 0 Å². The molecule has 0 amide bonds. The van der Waals surface area contributed by atoms with Crippen LogP contribution in [-0.4, -0.2) is 18.7 Å². The minimum Gasteiger partial charge on any atom is -0.507 e. The SMILES string of the molecule is C=CCc1ccc(O)c(-c2cc(CC=C)ccc2OC(CCNC)c2ccccc2)c1. The van der Waals surface area contributed by atoms with Crippen molar-refractivity contribution in [3.05, 3.63) is 109 Å². The molecule has 0 radical (unpaired) electrons. The van der Waals surface area contributed by atoms with Gasteiger partial charge in [-0.15, -0.1) is 13.2 Å². The fraction of sp³-hybridized carbons (Fsp3) is 0.214. The second kappa shape index (κ2) is 11.2. The van der Waals surface area contributed by atoms with Gasteiger partial charge in [-0.3, -0.25) is 0 Å². The number of phenols is 1. The molecule has 0 saturated carbocycles. The Balaban J connectivity index is 2.06. The van der Waals surface area contributed by atoms with Crippen LogP contribution in [0.2, 0.25) is 0 Å². The first-order chi connectivity index (χ1) is 15.2. The number of benzene rings is 3. The van der Waals surface area contributed by atoms with Crippen LogP contribution in [0, 0.1) is 0 Å². The van der Waals surface area contributed by atoms with Crippen molar-refractivity contribution in [1.29, 1.82) is 0 Å². The van der Waals surface area contributed by atoms with Crippen LogP contribution < -0.4 is 10.1 Å². The van der Waals surface area contributed by atoms with Gasteiger partial charge in [0.05, 0.1) is 0 Å². The highest BCUT2D eigenvalue weighted by atomic mass is 16.5. The second-order valence-electron chi connectivity index (χ2n) is 7.58. The molecule has 0 saturated heterocycles. The number of ether oxygens (including phenoxy) is 1. The van der Waals surface area contributed by atoms with E-state index in [1.807, 2.05) is 55.6 Å². The maximum atomic E-state index is 10.7. The number of nitrogens with one attached hydrogen (secondary N) is 1. The van der Waals surface area contributed by atoms with Gasteiger partial charge in [-0.1, -0.05) is 54.6 Å². The molecule has 0 aliphatic heterocycles. The third-order valence-corrected chi connectivity index (χ3v) is 5.25. The summed E-state index contributed by atoms with van der Waals surface area (Å²) in [6.07, 6.45) is 5.97. The van der Waals surface area contributed by atoms with Gasteiger partial charge in [0.1, 0.15) is 17.6 Å². The molecule has 160 valence electrons. The Hall–Kier alpha value is -3.30. The van der Waals surface area contributed by atoms with Crippen LogP contribution in [0.1, 0.15) is 29.2 Å². The average molecular weight is 414 g/mol. The van der Waals surface area contributed by atoms with E-state index in [-0.39, 0.29) is 11.9 Å². The van der Waals surface area contributed by atoms with Gasteiger partial charge in [-0.25, -0.2) is 0 Å². The van der Waals surface area contributed by atoms with Crippen molar-refractivity contribution < 1.29 is 9.84 Å². The first-order valence-electron chi connectivity index (χ1n) is 10.7. The zero-order valence-corrected chi connectivity index (χ0v) is 18.2. The van der Waals surface area contributed by atoms with Crippen LogP contribution in [0.4, 0.5) is 0 Å². The molecule has 0 spiro atoms. The lowest BCUT2D eigenvalue weighted by molar-refractivity contribution is 0.196. The van der Waals surface area contributed by atoms with E-state index in [4.69, 9.17) is 4.74 Å². The highest BCUT2D eigenvalue weighted by Gasteiger charge is 2.18. The molecular weight excluding hydrogens is 382 g/mol. The number of hydrogen-bond acceptors (Lipinski definition) is 3. The lowest BCUT2D eigenvalue weighted by Gasteiger charge is -2.22. The highest BCUT2D eigenvalue weighted by Crippen LogP contribution is 2.39. The Morgan fingerprint density at radius 2 is 1.55 bits per heavy atom. The lowest BCUT2D eigenvalue weighted by Crippen LogP contribution is -2.16. The molecular formula is C28H31NO2. The smallest absolute Gasteiger partial charge is 0.128 e. The van der Waals surface area contributed by atoms with Gasteiger partial charge in [0, 0.05) is 17.5 Å². The molecule has 0 aromatic heterocycles. The summed E-state index contributed by atoms with van der Waals surface area (Å²) in [6.45, 7) is 8.53. The lowest BCUT2D eigenvalue weighted by atomic mass is 9.97. The summed E-state index contributed by atoms with van der Waals surface area (Å²) >= 11 is 0. The van der Waals surface area contributed by atoms with Gasteiger partial charge in [-0.2, -0.15) is 0 Å². The first kappa shape index (κ1) is 22.4. The quantitative estimate of drug-likeness (QED) is 0.365. The molecule has 0 heterocycles. The van der Waals surface area contributed by atoms with Crippen LogP contribution in [0.3, 0.4) is 0 Å². The summed E-state index contributed by atoms with van der Waals surface area (Å²) in [5.41, 5.74) is 4.99. The fourth-order valence-electron chi connectivity index (χ4n) is 3.67. The molecule has 2 N–H and O–H groups in total. The average Bonchev–Trinajstić information content (AvgIpc) is 2.79. The van der Waals surface area contributed by atoms with E-state index in [1.54, 1.807) is 6.07 Å². The molecule has 0 fully saturated rings. The van der Waals surface area contributed by atoms with Gasteiger partial charge < -0.3 is 15.2 Å². The summed E-state index contributed by atoms with van der Waals surface area (Å²) in [4.78, 5) is 0. The Morgan fingerprint density at radius 3 is 2.19 bits per heavy atom. The Morgan fingerprint density at radius 1 is 0.903 bits per heavy atom. The van der Waals surface area contributed by atoms with Gasteiger partial charge in [0.2, 0.25) is 0 Å². The van der Waals surface area contributed by atoms with Gasteiger partial charge >= 0.3 is 0 Å². The molecule has 3 rings (SSSR count). The monoisotopic (exact) mass is 413 g/mol. The van der Waals surface area contributed by atoms with Crippen LogP contribution >= 0.6 is 0 Å². The van der Waals surface area contributed by atoms with Crippen LogP contribution in [0.25, 0.3) is 11.1 Å². The highest BCUT2D eigenvalue weighted by molar-refractivity contribution is 5.77. The molecule has 3 heteroatoms. The maximum Gasteiger partial charge on any atom is 0.128 e. The first-order valence-corrected chi connectivity index (χ1v) is 10.7. The topological polar surface area (TPSA) is 41.5 Å². The van der Waals surface area contributed by atoms with E-state index >= 15 is 0 Å². The summed E-state index contributed by atoms with van der Waals surface area (Å²) in [5.74, 6) is 0.990. The van der Waals surface area contributed by atoms with Crippen LogP contribution in [0.5, 0.6) is 11.5 Å². The van der Waals surface area contributed by atoms with Crippen molar-refractivity contribution in [2.75, 3.05) is 13.6 Å². The molecule has 3 nitrogen and oxygen atoms in total. The summed E-state index contributed by atoms with van der Waals surface area (Å²) < 4.78 is 6.58. The molecule has 0 aliphatic rings. The van der Waals surface area contributed by atoms with Crippen molar-refractivity contribution in [2.24, 2.45) is 0 Å². The van der Waals surface area contributed by atoms with E-state index in [2.05, 4.69) is 42.7 Å². The Labute approximate surface area is 185 Å². The zero-order chi connectivity index (χ0) is 22.1. The molecule has 0 bridgehead atoms. The van der Waals surface area contributed by atoms with Crippen molar-refractivity contribution in [3.63, 3.8) is 0 Å². The zero-order valence-electron chi connectivity index (χ0n) is 18.2. The van der Waals surface area contributed by atoms with Crippen molar-refractivity contribution in [3.8, 4) is 22.6 Å². The minimum atomic E-state index is -0.101. The molecule has 3 aromatic rings. The van der Waals surface area contributed by atoms with E-state index in [9.17, 15) is 5.11 Å². The third kappa shape index (κ3) is 5.87. The fourth-order valence-corrected chi connectivity index (χ4v) is 3.67. The van der Waals surface area contributed by atoms with E-state index < -0.39 is 0 Å². The second-order valence-corrected chi connectivity index (χ2v) is 7.58. The van der Waals surface area contributed by atoms with Gasteiger partial charge in [0.25, 0.3) is 0 Å². The summed E-state index contributed by atoms with van der Waals surface area (Å²) in [5, 5.41) is 13.9. The number of aromatic hydroxyl groups is 1. The molecule has 31 heavy (non-hydrogen) atoms. The van der Waals surface area contributed by atoms with Crippen LogP contribution in [0.15, 0.2) is 92.0 Å². The van der Waals surface area contributed by atoms with Gasteiger partial charge in [0.15, 0.2) is 0 Å². The maximum absolute atomic E-state index is 10.7. The molecule has 1 atom stereocenters. The molecule has 1 unspecified atom stereocenters. The van der Waals surface area contributed by atoms with Crippen LogP contribution in [-0.2, 0) is 12.8 Å². The standard InChI is InChI=1S/C28H31NO2/c1-4-9-21-13-15-26(30)24(19-21)25-20-22(10-5-2)14-16-28(25)31-27(17-18-29-3)23-11-7-6-8-12-23/h4-8,11-16,19-20,27,29-30H,1-2,9-10,17-18H2,3H3. The van der Waals surface area contributed by atoms with Crippen molar-refractivity contribution in [1.82, 2.24) is 5.32 Å². The number of rotatable bonds is 11. The minimum absolute atomic E-state index is 0.101. The molecule has 3 aromatic carbocycles. The number of allylic oxidation sites excluding steroid dienone is 2. The third-order valence-electron chi connectivity index (χ3n) is 5.25. The largest absolute Gasteiger partial charge is 0.507 e. The normalized spacial score (nSPS) is 11.6. The van der Waals surface area contributed by atoms with E-state index in [1.165, 1.54) is 0 Å². The number of hydrogen-bond donors (Lipinski definition) is 2. The Bertz CT molecular complexity index is 1010. The van der Waals surface area contributed by atoms with Crippen molar-refractivity contribution in [2.45, 2.75) is 25.4 Å². The predicted octanol–water partition coefficient (Wildman–Crippen LogP) is 6.25. The summed E-state index contributed by atoms with van der Waals surface area (Å²) in [7, 11) is 1.95. The Kier molecular flexibility index (Phi) is 8.08. The predicted molar refractivity (Wildman–Crippen MR) is 130 cm³/mol. The number of phenolic OH excluding ortho intramolecular Hbond substituents is 1. The van der Waals surface area contributed by atoms with Gasteiger partial charge in [-0.05, 0) is 67.4 Å². The van der Waals surface area contributed by atoms with E-state index in [0.29, 0.717) is 0 Å². The van der Waals surface area contributed by atoms with E-state index in [0.717, 1.165) is 59.4 Å².